The normalized spacial score (nSPS) is 17.3. The van der Waals surface area contributed by atoms with Crippen LogP contribution in [0.5, 0.6) is 11.5 Å². The van der Waals surface area contributed by atoms with Gasteiger partial charge in [-0.2, -0.15) is 0 Å². The number of carbonyl (C=O) groups is 1. The van der Waals surface area contributed by atoms with E-state index in [2.05, 4.69) is 0 Å². The van der Waals surface area contributed by atoms with Gasteiger partial charge in [0.2, 0.25) is 5.79 Å². The second-order valence-corrected chi connectivity index (χ2v) is 5.01. The van der Waals surface area contributed by atoms with E-state index in [9.17, 15) is 4.79 Å². The minimum Gasteiger partial charge on any atom is -0.469 e. The van der Waals surface area contributed by atoms with Crippen molar-refractivity contribution in [1.29, 1.82) is 0 Å². The maximum absolute atomic E-state index is 11.4. The second-order valence-electron chi connectivity index (χ2n) is 5.01. The van der Waals surface area contributed by atoms with Crippen LogP contribution in [0.4, 0.5) is 0 Å². The highest BCUT2D eigenvalue weighted by Crippen LogP contribution is 2.39. The third kappa shape index (κ3) is 2.58. The number of esters is 1. The summed E-state index contributed by atoms with van der Waals surface area (Å²) in [6.07, 6.45) is 0.629. The molecule has 0 spiro atoms. The predicted molar refractivity (Wildman–Crippen MR) is 66.7 cm³/mol. The number of hydrogen-bond acceptors (Lipinski definition) is 4. The minimum absolute atomic E-state index is 0.164. The van der Waals surface area contributed by atoms with Crippen molar-refractivity contribution in [2.24, 2.45) is 5.92 Å². The molecule has 0 saturated heterocycles. The fourth-order valence-electron chi connectivity index (χ4n) is 2.03. The van der Waals surface area contributed by atoms with Crippen molar-refractivity contribution >= 4 is 5.97 Å². The smallest absolute Gasteiger partial charge is 0.308 e. The van der Waals surface area contributed by atoms with E-state index in [0.29, 0.717) is 6.42 Å². The van der Waals surface area contributed by atoms with Gasteiger partial charge in [0, 0.05) is 13.8 Å². The van der Waals surface area contributed by atoms with Crippen molar-refractivity contribution < 1.29 is 19.0 Å². The molecule has 0 radical (unpaired) electrons. The molecule has 0 aromatic heterocycles. The van der Waals surface area contributed by atoms with E-state index in [1.54, 1.807) is 0 Å². The van der Waals surface area contributed by atoms with Crippen LogP contribution in [0, 0.1) is 5.92 Å². The van der Waals surface area contributed by atoms with Crippen LogP contribution in [-0.4, -0.2) is 18.9 Å². The zero-order valence-electron chi connectivity index (χ0n) is 11.1. The van der Waals surface area contributed by atoms with Gasteiger partial charge < -0.3 is 14.2 Å². The van der Waals surface area contributed by atoms with Gasteiger partial charge in [0.05, 0.1) is 13.0 Å². The highest BCUT2D eigenvalue weighted by atomic mass is 16.7. The van der Waals surface area contributed by atoms with Gasteiger partial charge >= 0.3 is 5.97 Å². The summed E-state index contributed by atoms with van der Waals surface area (Å²) in [6, 6.07) is 5.75. The van der Waals surface area contributed by atoms with Gasteiger partial charge in [0.15, 0.2) is 11.5 Å². The van der Waals surface area contributed by atoms with Crippen molar-refractivity contribution in [3.63, 3.8) is 0 Å². The van der Waals surface area contributed by atoms with Gasteiger partial charge in [-0.3, -0.25) is 4.79 Å². The standard InChI is InChI=1S/C14H18O4/c1-9(13(15)16-4)7-10-5-6-11-12(8-10)18-14(2,3)17-11/h5-6,8-9H,7H2,1-4H3/t9-/m0/s1. The number of methoxy groups -OCH3 is 1. The summed E-state index contributed by atoms with van der Waals surface area (Å²) < 4.78 is 16.0. The molecule has 1 aliphatic rings. The van der Waals surface area contributed by atoms with Crippen LogP contribution in [0.1, 0.15) is 26.3 Å². The summed E-state index contributed by atoms with van der Waals surface area (Å²) in [5.74, 6) is 0.495. The Morgan fingerprint density at radius 3 is 2.67 bits per heavy atom. The average Bonchev–Trinajstić information content (AvgIpc) is 2.61. The SMILES string of the molecule is COC(=O)[C@@H](C)Cc1ccc2c(c1)OC(C)(C)O2. The molecule has 0 fully saturated rings. The molecule has 1 atom stereocenters. The molecule has 0 saturated carbocycles. The van der Waals surface area contributed by atoms with Gasteiger partial charge in [-0.1, -0.05) is 13.0 Å². The van der Waals surface area contributed by atoms with Crippen molar-refractivity contribution in [2.45, 2.75) is 33.0 Å². The number of hydrogen-bond donors (Lipinski definition) is 0. The molecule has 0 unspecified atom stereocenters. The summed E-state index contributed by atoms with van der Waals surface area (Å²) in [6.45, 7) is 5.58. The summed E-state index contributed by atoms with van der Waals surface area (Å²) in [5.41, 5.74) is 1.04. The molecule has 1 aromatic carbocycles. The number of benzene rings is 1. The molecular formula is C14H18O4. The molecule has 4 nitrogen and oxygen atoms in total. The van der Waals surface area contributed by atoms with Gasteiger partial charge in [0.25, 0.3) is 0 Å². The Morgan fingerprint density at radius 2 is 2.00 bits per heavy atom. The first kappa shape index (κ1) is 12.7. The van der Waals surface area contributed by atoms with E-state index >= 15 is 0 Å². The van der Waals surface area contributed by atoms with Crippen molar-refractivity contribution in [3.8, 4) is 11.5 Å². The van der Waals surface area contributed by atoms with Gasteiger partial charge in [0.1, 0.15) is 0 Å². The van der Waals surface area contributed by atoms with E-state index in [4.69, 9.17) is 14.2 Å². The maximum Gasteiger partial charge on any atom is 0.308 e. The number of ether oxygens (including phenoxy) is 3. The van der Waals surface area contributed by atoms with Crippen LogP contribution in [-0.2, 0) is 16.0 Å². The van der Waals surface area contributed by atoms with E-state index in [0.717, 1.165) is 17.1 Å². The molecule has 1 aromatic rings. The highest BCUT2D eigenvalue weighted by molar-refractivity contribution is 5.72. The number of rotatable bonds is 3. The van der Waals surface area contributed by atoms with Crippen molar-refractivity contribution in [1.82, 2.24) is 0 Å². The molecular weight excluding hydrogens is 232 g/mol. The summed E-state index contributed by atoms with van der Waals surface area (Å²) in [4.78, 5) is 11.4. The number of carbonyl (C=O) groups excluding carboxylic acids is 1. The van der Waals surface area contributed by atoms with Crippen LogP contribution >= 0.6 is 0 Å². The topological polar surface area (TPSA) is 44.8 Å². The van der Waals surface area contributed by atoms with E-state index in [-0.39, 0.29) is 11.9 Å². The Balaban J connectivity index is 2.12. The zero-order chi connectivity index (χ0) is 13.3. The van der Waals surface area contributed by atoms with Gasteiger partial charge in [-0.25, -0.2) is 0 Å². The molecule has 0 aliphatic carbocycles. The third-order valence-electron chi connectivity index (χ3n) is 2.87. The number of fused-ring (bicyclic) bond motifs is 1. The lowest BCUT2D eigenvalue weighted by molar-refractivity contribution is -0.144. The fourth-order valence-corrected chi connectivity index (χ4v) is 2.03. The Kier molecular flexibility index (Phi) is 3.20. The molecule has 0 N–H and O–H groups in total. The molecule has 2 rings (SSSR count). The largest absolute Gasteiger partial charge is 0.469 e. The van der Waals surface area contributed by atoms with E-state index in [1.807, 2.05) is 39.0 Å². The van der Waals surface area contributed by atoms with Crippen LogP contribution in [0.3, 0.4) is 0 Å². The Bertz CT molecular complexity index is 465. The first-order valence-corrected chi connectivity index (χ1v) is 6.00. The molecule has 1 aliphatic heterocycles. The molecule has 0 amide bonds. The minimum atomic E-state index is -0.616. The summed E-state index contributed by atoms with van der Waals surface area (Å²) in [7, 11) is 1.40. The molecule has 4 heteroatoms. The molecule has 98 valence electrons. The quantitative estimate of drug-likeness (QED) is 0.773. The van der Waals surface area contributed by atoms with E-state index < -0.39 is 5.79 Å². The molecule has 18 heavy (non-hydrogen) atoms. The Morgan fingerprint density at radius 1 is 1.33 bits per heavy atom. The lowest BCUT2D eigenvalue weighted by Gasteiger charge is -2.16. The van der Waals surface area contributed by atoms with Crippen LogP contribution in [0.15, 0.2) is 18.2 Å². The van der Waals surface area contributed by atoms with Crippen molar-refractivity contribution in [3.05, 3.63) is 23.8 Å². The van der Waals surface area contributed by atoms with Crippen LogP contribution in [0.25, 0.3) is 0 Å². The average molecular weight is 250 g/mol. The van der Waals surface area contributed by atoms with Crippen LogP contribution in [0.2, 0.25) is 0 Å². The Hall–Kier alpha value is -1.71. The van der Waals surface area contributed by atoms with Gasteiger partial charge in [-0.15, -0.1) is 0 Å². The summed E-state index contributed by atoms with van der Waals surface area (Å²) in [5, 5.41) is 0. The highest BCUT2D eigenvalue weighted by Gasteiger charge is 2.31. The first-order chi connectivity index (χ1) is 8.41. The third-order valence-corrected chi connectivity index (χ3v) is 2.87. The first-order valence-electron chi connectivity index (χ1n) is 6.00. The summed E-state index contributed by atoms with van der Waals surface area (Å²) >= 11 is 0. The lowest BCUT2D eigenvalue weighted by atomic mass is 10.0. The molecule has 0 bridgehead atoms. The fraction of sp³-hybridized carbons (Fsp3) is 0.500. The second kappa shape index (κ2) is 4.52. The van der Waals surface area contributed by atoms with Crippen molar-refractivity contribution in [2.75, 3.05) is 7.11 Å². The maximum atomic E-state index is 11.4. The van der Waals surface area contributed by atoms with Crippen LogP contribution < -0.4 is 9.47 Å². The zero-order valence-corrected chi connectivity index (χ0v) is 11.1. The van der Waals surface area contributed by atoms with E-state index in [1.165, 1.54) is 7.11 Å². The predicted octanol–water partition coefficient (Wildman–Crippen LogP) is 2.55. The monoisotopic (exact) mass is 250 g/mol. The molecule has 1 heterocycles. The Labute approximate surface area is 107 Å². The van der Waals surface area contributed by atoms with Gasteiger partial charge in [-0.05, 0) is 24.1 Å². The lowest BCUT2D eigenvalue weighted by Crippen LogP contribution is -2.29.